The van der Waals surface area contributed by atoms with Crippen LogP contribution in [-0.2, 0) is 0 Å². The van der Waals surface area contributed by atoms with E-state index in [1.54, 1.807) is 25.3 Å². The first-order valence-electron chi connectivity index (χ1n) is 4.02. The van der Waals surface area contributed by atoms with Gasteiger partial charge in [0.05, 0.1) is 7.11 Å². The summed E-state index contributed by atoms with van der Waals surface area (Å²) in [6, 6.07) is 5.03. The van der Waals surface area contributed by atoms with Crippen LogP contribution in [0, 0.1) is 12.3 Å². The second-order valence-electron chi connectivity index (χ2n) is 2.81. The van der Waals surface area contributed by atoms with E-state index >= 15 is 0 Å². The van der Waals surface area contributed by atoms with Gasteiger partial charge in [0.1, 0.15) is 11.5 Å². The normalized spacial score (nSPS) is 11.8. The maximum absolute atomic E-state index is 9.48. The molecule has 1 rings (SSSR count). The Hall–Kier alpha value is -1.62. The van der Waals surface area contributed by atoms with Crippen LogP contribution in [0.3, 0.4) is 0 Å². The number of phenols is 1. The van der Waals surface area contributed by atoms with E-state index in [4.69, 9.17) is 11.2 Å². The quantitative estimate of drug-likeness (QED) is 0.699. The lowest BCUT2D eigenvalue weighted by Crippen LogP contribution is -1.92. The molecule has 0 heterocycles. The molecule has 0 radical (unpaired) electrons. The fourth-order valence-corrected chi connectivity index (χ4v) is 1.10. The molecule has 2 nitrogen and oxygen atoms in total. The zero-order chi connectivity index (χ0) is 9.84. The van der Waals surface area contributed by atoms with Crippen molar-refractivity contribution in [1.82, 2.24) is 0 Å². The van der Waals surface area contributed by atoms with Gasteiger partial charge in [-0.25, -0.2) is 0 Å². The molecule has 0 saturated heterocycles. The van der Waals surface area contributed by atoms with Crippen molar-refractivity contribution in [1.29, 1.82) is 0 Å². The molecule has 0 amide bonds. The van der Waals surface area contributed by atoms with E-state index in [9.17, 15) is 5.11 Å². The van der Waals surface area contributed by atoms with Gasteiger partial charge in [-0.05, 0) is 25.1 Å². The van der Waals surface area contributed by atoms with Crippen molar-refractivity contribution in [2.75, 3.05) is 7.11 Å². The number of phenolic OH excluding ortho intramolecular Hbond substituents is 1. The number of methoxy groups -OCH3 is 1. The summed E-state index contributed by atoms with van der Waals surface area (Å²) in [5, 5.41) is 9.48. The van der Waals surface area contributed by atoms with Crippen LogP contribution in [0.1, 0.15) is 18.4 Å². The molecule has 0 saturated carbocycles. The first kappa shape index (κ1) is 9.47. The molecule has 1 aromatic carbocycles. The Morgan fingerprint density at radius 3 is 2.77 bits per heavy atom. The van der Waals surface area contributed by atoms with Gasteiger partial charge in [0.15, 0.2) is 0 Å². The molecule has 0 aliphatic rings. The van der Waals surface area contributed by atoms with Gasteiger partial charge in [0.25, 0.3) is 0 Å². The number of benzene rings is 1. The molecule has 0 aliphatic heterocycles. The third kappa shape index (κ3) is 1.94. The summed E-state index contributed by atoms with van der Waals surface area (Å²) in [5.74, 6) is 3.37. The smallest absolute Gasteiger partial charge is 0.120 e. The van der Waals surface area contributed by atoms with Gasteiger partial charge in [0, 0.05) is 11.5 Å². The highest BCUT2D eigenvalue weighted by Gasteiger charge is 2.08. The largest absolute Gasteiger partial charge is 0.508 e. The van der Waals surface area contributed by atoms with Crippen LogP contribution in [0.4, 0.5) is 0 Å². The highest BCUT2D eigenvalue weighted by atomic mass is 16.5. The Bertz CT molecular complexity index is 336. The average molecular weight is 176 g/mol. The summed E-state index contributed by atoms with van der Waals surface area (Å²) in [5.41, 5.74) is 0.724. The van der Waals surface area contributed by atoms with Crippen molar-refractivity contribution in [2.45, 2.75) is 12.8 Å². The molecule has 0 fully saturated rings. The van der Waals surface area contributed by atoms with Crippen LogP contribution in [0.5, 0.6) is 11.5 Å². The van der Waals surface area contributed by atoms with Gasteiger partial charge in [-0.15, -0.1) is 6.42 Å². The molecule has 13 heavy (non-hydrogen) atoms. The topological polar surface area (TPSA) is 29.5 Å². The maximum Gasteiger partial charge on any atom is 0.120 e. The second-order valence-corrected chi connectivity index (χ2v) is 2.81. The van der Waals surface area contributed by atoms with E-state index < -0.39 is 0 Å². The Morgan fingerprint density at radius 1 is 1.54 bits per heavy atom. The number of rotatable bonds is 2. The first-order valence-corrected chi connectivity index (χ1v) is 4.02. The Kier molecular flexibility index (Phi) is 2.81. The number of hydrogen-bond donors (Lipinski definition) is 1. The minimum atomic E-state index is -0.102. The van der Waals surface area contributed by atoms with Crippen LogP contribution < -0.4 is 4.74 Å². The van der Waals surface area contributed by atoms with E-state index in [1.165, 1.54) is 0 Å². The Labute approximate surface area is 78.2 Å². The standard InChI is InChI=1S/C11H12O2/c1-4-8(2)10-7-9(13-3)5-6-11(10)12/h1,5-8,12H,2-3H3. The summed E-state index contributed by atoms with van der Waals surface area (Å²) in [6.07, 6.45) is 5.26. The van der Waals surface area contributed by atoms with Crippen molar-refractivity contribution in [3.8, 4) is 23.8 Å². The van der Waals surface area contributed by atoms with Gasteiger partial charge in [-0.1, -0.05) is 5.92 Å². The molecule has 68 valence electrons. The lowest BCUT2D eigenvalue weighted by molar-refractivity contribution is 0.410. The predicted molar refractivity (Wildman–Crippen MR) is 51.9 cm³/mol. The Balaban J connectivity index is 3.12. The number of hydrogen-bond acceptors (Lipinski definition) is 2. The molecule has 0 spiro atoms. The van der Waals surface area contributed by atoms with Crippen molar-refractivity contribution in [3.63, 3.8) is 0 Å². The van der Waals surface area contributed by atoms with Crippen molar-refractivity contribution in [2.24, 2.45) is 0 Å². The molecule has 0 aliphatic carbocycles. The van der Waals surface area contributed by atoms with Gasteiger partial charge in [0.2, 0.25) is 0 Å². The van der Waals surface area contributed by atoms with Crippen LogP contribution in [0.25, 0.3) is 0 Å². The maximum atomic E-state index is 9.48. The molecule has 1 atom stereocenters. The SMILES string of the molecule is C#CC(C)c1cc(OC)ccc1O. The lowest BCUT2D eigenvalue weighted by atomic mass is 10.0. The molecule has 1 N–H and O–H groups in total. The molecule has 0 aromatic heterocycles. The summed E-state index contributed by atoms with van der Waals surface area (Å²) < 4.78 is 5.02. The lowest BCUT2D eigenvalue weighted by Gasteiger charge is -2.09. The van der Waals surface area contributed by atoms with Gasteiger partial charge in [-0.2, -0.15) is 0 Å². The van der Waals surface area contributed by atoms with E-state index in [-0.39, 0.29) is 11.7 Å². The minimum absolute atomic E-state index is 0.102. The van der Waals surface area contributed by atoms with E-state index in [0.717, 1.165) is 5.56 Å². The number of terminal acetylenes is 1. The van der Waals surface area contributed by atoms with Crippen LogP contribution in [0.2, 0.25) is 0 Å². The van der Waals surface area contributed by atoms with E-state index in [0.29, 0.717) is 5.75 Å². The van der Waals surface area contributed by atoms with Gasteiger partial charge >= 0.3 is 0 Å². The average Bonchev–Trinajstić information content (AvgIpc) is 2.17. The second kappa shape index (κ2) is 3.86. The van der Waals surface area contributed by atoms with E-state index in [2.05, 4.69) is 5.92 Å². The first-order chi connectivity index (χ1) is 6.19. The summed E-state index contributed by atoms with van der Waals surface area (Å²) in [4.78, 5) is 0. The van der Waals surface area contributed by atoms with Crippen LogP contribution in [0.15, 0.2) is 18.2 Å². The molecule has 0 bridgehead atoms. The summed E-state index contributed by atoms with van der Waals surface area (Å²) >= 11 is 0. The van der Waals surface area contributed by atoms with E-state index in [1.807, 2.05) is 6.92 Å². The highest BCUT2D eigenvalue weighted by molar-refractivity contribution is 5.43. The Morgan fingerprint density at radius 2 is 2.23 bits per heavy atom. The zero-order valence-electron chi connectivity index (χ0n) is 7.74. The molecule has 2 heteroatoms. The third-order valence-corrected chi connectivity index (χ3v) is 1.95. The fourth-order valence-electron chi connectivity index (χ4n) is 1.10. The summed E-state index contributed by atoms with van der Waals surface area (Å²) in [7, 11) is 1.58. The van der Waals surface area contributed by atoms with Crippen molar-refractivity contribution in [3.05, 3.63) is 23.8 Å². The molecular formula is C11H12O2. The van der Waals surface area contributed by atoms with Crippen molar-refractivity contribution >= 4 is 0 Å². The predicted octanol–water partition coefficient (Wildman–Crippen LogP) is 2.14. The fraction of sp³-hybridized carbons (Fsp3) is 0.273. The molecule has 1 unspecified atom stereocenters. The number of ether oxygens (including phenoxy) is 1. The zero-order valence-corrected chi connectivity index (χ0v) is 7.74. The molecular weight excluding hydrogens is 164 g/mol. The van der Waals surface area contributed by atoms with Crippen LogP contribution >= 0.6 is 0 Å². The summed E-state index contributed by atoms with van der Waals surface area (Å²) in [6.45, 7) is 1.86. The monoisotopic (exact) mass is 176 g/mol. The highest BCUT2D eigenvalue weighted by Crippen LogP contribution is 2.28. The van der Waals surface area contributed by atoms with Gasteiger partial charge < -0.3 is 9.84 Å². The van der Waals surface area contributed by atoms with Crippen molar-refractivity contribution < 1.29 is 9.84 Å². The molecule has 1 aromatic rings. The van der Waals surface area contributed by atoms with Crippen LogP contribution in [-0.4, -0.2) is 12.2 Å². The van der Waals surface area contributed by atoms with Gasteiger partial charge in [-0.3, -0.25) is 0 Å². The minimum Gasteiger partial charge on any atom is -0.508 e. The number of aromatic hydroxyl groups is 1. The third-order valence-electron chi connectivity index (χ3n) is 1.95.